The molecule has 1 heterocycles. The fourth-order valence-electron chi connectivity index (χ4n) is 2.67. The first-order valence-corrected chi connectivity index (χ1v) is 4.66. The summed E-state index contributed by atoms with van der Waals surface area (Å²) < 4.78 is 0. The van der Waals surface area contributed by atoms with E-state index in [4.69, 9.17) is 5.11 Å². The van der Waals surface area contributed by atoms with Crippen molar-refractivity contribution in [3.63, 3.8) is 0 Å². The van der Waals surface area contributed by atoms with E-state index in [1.165, 1.54) is 38.8 Å². The second-order valence-corrected chi connectivity index (χ2v) is 4.24. The summed E-state index contributed by atoms with van der Waals surface area (Å²) in [5.41, 5.74) is 0.603. The summed E-state index contributed by atoms with van der Waals surface area (Å²) in [5, 5.41) is 12.3. The quantitative estimate of drug-likeness (QED) is 0.586. The van der Waals surface area contributed by atoms with E-state index in [-0.39, 0.29) is 0 Å². The summed E-state index contributed by atoms with van der Waals surface area (Å²) in [6.07, 6.45) is 5.24. The van der Waals surface area contributed by atoms with Crippen LogP contribution in [0.15, 0.2) is 0 Å². The molecule has 1 saturated heterocycles. The topological polar surface area (TPSA) is 32.3 Å². The van der Waals surface area contributed by atoms with Gasteiger partial charge in [0, 0.05) is 13.2 Å². The van der Waals surface area contributed by atoms with Crippen LogP contribution in [0, 0.1) is 11.3 Å². The van der Waals surface area contributed by atoms with Gasteiger partial charge in [-0.25, -0.2) is 0 Å². The molecule has 2 fully saturated rings. The van der Waals surface area contributed by atoms with Crippen LogP contribution in [0.4, 0.5) is 0 Å². The molecule has 0 amide bonds. The SMILES string of the molecule is OCC1CC2(CCCNC2)C1. The molecule has 0 aromatic rings. The zero-order chi connectivity index (χ0) is 7.73. The van der Waals surface area contributed by atoms with Crippen molar-refractivity contribution in [1.29, 1.82) is 0 Å². The highest BCUT2D eigenvalue weighted by Crippen LogP contribution is 2.49. The molecule has 64 valence electrons. The molecular formula is C9H17NO. The fourth-order valence-corrected chi connectivity index (χ4v) is 2.67. The van der Waals surface area contributed by atoms with Gasteiger partial charge in [-0.2, -0.15) is 0 Å². The normalized spacial score (nSPS) is 43.9. The highest BCUT2D eigenvalue weighted by molar-refractivity contribution is 4.96. The zero-order valence-electron chi connectivity index (χ0n) is 6.97. The molecule has 1 aliphatic heterocycles. The maximum Gasteiger partial charge on any atom is 0.0459 e. The molecule has 2 rings (SSSR count). The monoisotopic (exact) mass is 155 g/mol. The summed E-state index contributed by atoms with van der Waals surface area (Å²) in [4.78, 5) is 0. The van der Waals surface area contributed by atoms with E-state index in [0.717, 1.165) is 0 Å². The average Bonchev–Trinajstić information content (AvgIpc) is 2.01. The molecule has 2 nitrogen and oxygen atoms in total. The lowest BCUT2D eigenvalue weighted by Crippen LogP contribution is -2.49. The summed E-state index contributed by atoms with van der Waals surface area (Å²) in [5.74, 6) is 0.620. The van der Waals surface area contributed by atoms with Crippen molar-refractivity contribution in [3.8, 4) is 0 Å². The van der Waals surface area contributed by atoms with Gasteiger partial charge in [0.1, 0.15) is 0 Å². The second kappa shape index (κ2) is 2.76. The van der Waals surface area contributed by atoms with Crippen LogP contribution >= 0.6 is 0 Å². The molecule has 0 unspecified atom stereocenters. The smallest absolute Gasteiger partial charge is 0.0459 e. The molecule has 11 heavy (non-hydrogen) atoms. The van der Waals surface area contributed by atoms with Crippen molar-refractivity contribution in [2.45, 2.75) is 25.7 Å². The van der Waals surface area contributed by atoms with E-state index in [0.29, 0.717) is 17.9 Å². The molecule has 2 N–H and O–H groups in total. The molecule has 0 bridgehead atoms. The summed E-state index contributed by atoms with van der Waals surface area (Å²) in [6, 6.07) is 0. The minimum absolute atomic E-state index is 0.405. The van der Waals surface area contributed by atoms with E-state index < -0.39 is 0 Å². The van der Waals surface area contributed by atoms with Gasteiger partial charge in [0.2, 0.25) is 0 Å². The summed E-state index contributed by atoms with van der Waals surface area (Å²) >= 11 is 0. The Morgan fingerprint density at radius 2 is 2.27 bits per heavy atom. The van der Waals surface area contributed by atoms with Crippen molar-refractivity contribution in [2.75, 3.05) is 19.7 Å². The van der Waals surface area contributed by atoms with Crippen LogP contribution in [-0.2, 0) is 0 Å². The lowest BCUT2D eigenvalue weighted by molar-refractivity contribution is -0.00224. The Morgan fingerprint density at radius 1 is 1.45 bits per heavy atom. The Balaban J connectivity index is 1.84. The van der Waals surface area contributed by atoms with Gasteiger partial charge in [-0.1, -0.05) is 0 Å². The lowest BCUT2D eigenvalue weighted by Gasteiger charge is -2.50. The van der Waals surface area contributed by atoms with E-state index in [9.17, 15) is 0 Å². The Hall–Kier alpha value is -0.0800. The van der Waals surface area contributed by atoms with Crippen LogP contribution in [0.2, 0.25) is 0 Å². The summed E-state index contributed by atoms with van der Waals surface area (Å²) in [7, 11) is 0. The van der Waals surface area contributed by atoms with Gasteiger partial charge in [-0.3, -0.25) is 0 Å². The van der Waals surface area contributed by atoms with Crippen molar-refractivity contribution < 1.29 is 5.11 Å². The number of aliphatic hydroxyl groups excluding tert-OH is 1. The van der Waals surface area contributed by atoms with Crippen LogP contribution in [0.5, 0.6) is 0 Å². The third-order valence-corrected chi connectivity index (χ3v) is 3.26. The van der Waals surface area contributed by atoms with Crippen molar-refractivity contribution in [3.05, 3.63) is 0 Å². The number of piperidine rings is 1. The number of hydrogen-bond donors (Lipinski definition) is 2. The Kier molecular flexibility index (Phi) is 1.90. The number of rotatable bonds is 1. The maximum atomic E-state index is 8.88. The van der Waals surface area contributed by atoms with Crippen LogP contribution < -0.4 is 5.32 Å². The largest absolute Gasteiger partial charge is 0.396 e. The zero-order valence-corrected chi connectivity index (χ0v) is 6.97. The van der Waals surface area contributed by atoms with Crippen LogP contribution in [-0.4, -0.2) is 24.8 Å². The molecule has 0 radical (unpaired) electrons. The van der Waals surface area contributed by atoms with Crippen LogP contribution in [0.25, 0.3) is 0 Å². The van der Waals surface area contributed by atoms with E-state index >= 15 is 0 Å². The van der Waals surface area contributed by atoms with Crippen molar-refractivity contribution in [1.82, 2.24) is 5.32 Å². The molecule has 2 heteroatoms. The minimum atomic E-state index is 0.405. The van der Waals surface area contributed by atoms with Gasteiger partial charge in [0.25, 0.3) is 0 Å². The van der Waals surface area contributed by atoms with Gasteiger partial charge in [-0.05, 0) is 43.6 Å². The predicted molar refractivity (Wildman–Crippen MR) is 44.3 cm³/mol. The van der Waals surface area contributed by atoms with Gasteiger partial charge in [0.05, 0.1) is 0 Å². The number of hydrogen-bond acceptors (Lipinski definition) is 2. The Morgan fingerprint density at radius 3 is 2.82 bits per heavy atom. The second-order valence-electron chi connectivity index (χ2n) is 4.24. The molecule has 1 saturated carbocycles. The van der Waals surface area contributed by atoms with Crippen LogP contribution in [0.1, 0.15) is 25.7 Å². The van der Waals surface area contributed by atoms with Gasteiger partial charge in [0.15, 0.2) is 0 Å². The molecule has 0 aromatic carbocycles. The predicted octanol–water partition coefficient (Wildman–Crippen LogP) is 0.758. The maximum absolute atomic E-state index is 8.88. The lowest BCUT2D eigenvalue weighted by atomic mass is 9.59. The molecule has 1 spiro atoms. The third-order valence-electron chi connectivity index (χ3n) is 3.26. The molecule has 1 aliphatic carbocycles. The van der Waals surface area contributed by atoms with Gasteiger partial charge in [-0.15, -0.1) is 0 Å². The average molecular weight is 155 g/mol. The third kappa shape index (κ3) is 1.30. The van der Waals surface area contributed by atoms with Gasteiger partial charge < -0.3 is 10.4 Å². The first-order chi connectivity index (χ1) is 5.35. The highest BCUT2D eigenvalue weighted by atomic mass is 16.3. The fraction of sp³-hybridized carbons (Fsp3) is 1.00. The number of nitrogens with one attached hydrogen (secondary N) is 1. The van der Waals surface area contributed by atoms with Crippen molar-refractivity contribution in [2.24, 2.45) is 11.3 Å². The first-order valence-electron chi connectivity index (χ1n) is 4.66. The summed E-state index contributed by atoms with van der Waals surface area (Å²) in [6.45, 7) is 2.80. The highest BCUT2D eigenvalue weighted by Gasteiger charge is 2.43. The van der Waals surface area contributed by atoms with E-state index in [2.05, 4.69) is 5.32 Å². The standard InChI is InChI=1S/C9H17NO/c11-6-8-4-9(5-8)2-1-3-10-7-9/h8,10-11H,1-7H2. The Labute approximate surface area is 68.0 Å². The van der Waals surface area contributed by atoms with Crippen molar-refractivity contribution >= 4 is 0 Å². The molecule has 0 atom stereocenters. The number of aliphatic hydroxyl groups is 1. The van der Waals surface area contributed by atoms with Gasteiger partial charge >= 0.3 is 0 Å². The first kappa shape index (κ1) is 7.56. The van der Waals surface area contributed by atoms with E-state index in [1.54, 1.807) is 0 Å². The molecule has 0 aromatic heterocycles. The van der Waals surface area contributed by atoms with E-state index in [1.807, 2.05) is 0 Å². The molecule has 2 aliphatic rings. The molecular weight excluding hydrogens is 138 g/mol. The minimum Gasteiger partial charge on any atom is -0.396 e. The Bertz CT molecular complexity index is 132. The van der Waals surface area contributed by atoms with Crippen LogP contribution in [0.3, 0.4) is 0 Å².